The minimum Gasteiger partial charge on any atom is -0.462 e. The van der Waals surface area contributed by atoms with E-state index in [1.54, 1.807) is 11.5 Å². The van der Waals surface area contributed by atoms with Crippen LogP contribution in [0.1, 0.15) is 59.2 Å². The minimum absolute atomic E-state index is 0.0463. The summed E-state index contributed by atoms with van der Waals surface area (Å²) in [7, 11) is 2.13. The highest BCUT2D eigenvalue weighted by atomic mass is 16.5. The molecule has 4 aromatic rings. The zero-order valence-electron chi connectivity index (χ0n) is 27.8. The highest BCUT2D eigenvalue weighted by molar-refractivity contribution is 5.93. The van der Waals surface area contributed by atoms with Crippen molar-refractivity contribution < 1.29 is 14.3 Å². The predicted octanol–water partition coefficient (Wildman–Crippen LogP) is 4.14. The van der Waals surface area contributed by atoms with Gasteiger partial charge in [0.15, 0.2) is 5.65 Å². The topological polar surface area (TPSA) is 113 Å². The summed E-state index contributed by atoms with van der Waals surface area (Å²) in [6, 6.07) is 14.5. The summed E-state index contributed by atoms with van der Waals surface area (Å²) in [6.45, 7) is 7.91. The number of benzene rings is 2. The van der Waals surface area contributed by atoms with Gasteiger partial charge in [-0.15, -0.1) is 0 Å². The third kappa shape index (κ3) is 6.70. The Morgan fingerprint density at radius 1 is 0.958 bits per heavy atom. The number of rotatable bonds is 8. The second-order valence-electron chi connectivity index (χ2n) is 13.2. The van der Waals surface area contributed by atoms with Crippen molar-refractivity contribution in [3.05, 3.63) is 87.3 Å². The average molecular weight is 650 g/mol. The number of pyridine rings is 1. The minimum atomic E-state index is -0.662. The Hall–Kier alpha value is -4.61. The monoisotopic (exact) mass is 649 g/mol. The van der Waals surface area contributed by atoms with E-state index in [4.69, 9.17) is 9.72 Å². The van der Waals surface area contributed by atoms with Crippen molar-refractivity contribution in [3.8, 4) is 5.69 Å². The molecule has 2 aromatic carbocycles. The van der Waals surface area contributed by atoms with E-state index in [1.807, 2.05) is 23.1 Å². The van der Waals surface area contributed by atoms with E-state index < -0.39 is 11.4 Å². The van der Waals surface area contributed by atoms with Gasteiger partial charge in [0.25, 0.3) is 0 Å². The van der Waals surface area contributed by atoms with Crippen LogP contribution >= 0.6 is 0 Å². The first-order valence-electron chi connectivity index (χ1n) is 17.1. The van der Waals surface area contributed by atoms with Crippen molar-refractivity contribution in [1.82, 2.24) is 29.2 Å². The van der Waals surface area contributed by atoms with Gasteiger partial charge in [-0.25, -0.2) is 9.78 Å². The first-order valence-corrected chi connectivity index (χ1v) is 17.1. The molecule has 2 fully saturated rings. The number of hydrogen-bond acceptors (Lipinski definition) is 9. The van der Waals surface area contributed by atoms with Crippen molar-refractivity contribution in [2.45, 2.75) is 44.9 Å². The average Bonchev–Trinajstić information content (AvgIpc) is 3.58. The van der Waals surface area contributed by atoms with Crippen molar-refractivity contribution in [2.24, 2.45) is 0 Å². The highest BCUT2D eigenvalue weighted by Crippen LogP contribution is 2.30. The van der Waals surface area contributed by atoms with Crippen LogP contribution in [0.4, 0.5) is 11.6 Å². The fourth-order valence-electron chi connectivity index (χ4n) is 7.16. The summed E-state index contributed by atoms with van der Waals surface area (Å²) < 4.78 is 6.99. The Bertz CT molecular complexity index is 1870. The van der Waals surface area contributed by atoms with Gasteiger partial charge >= 0.3 is 5.97 Å². The fourth-order valence-corrected chi connectivity index (χ4v) is 7.16. The number of nitrogens with one attached hydrogen (secondary N) is 1. The van der Waals surface area contributed by atoms with E-state index in [-0.39, 0.29) is 23.5 Å². The molecule has 0 unspecified atom stereocenters. The molecule has 7 rings (SSSR count). The maximum Gasteiger partial charge on any atom is 0.343 e. The van der Waals surface area contributed by atoms with E-state index in [1.165, 1.54) is 29.1 Å². The van der Waals surface area contributed by atoms with Crippen LogP contribution in [0.2, 0.25) is 0 Å². The maximum atomic E-state index is 13.4. The van der Waals surface area contributed by atoms with Crippen LogP contribution in [-0.4, -0.2) is 101 Å². The molecule has 1 aliphatic carbocycles. The zero-order valence-corrected chi connectivity index (χ0v) is 27.8. The SMILES string of the molecule is CCOC(=O)c1cn(-c2ccc3c(c2)CCC3)c2nc(Nc3ccc(C4CCN(C(=O)CN5CCN(C)CC5)CC4)cc3)ncc2c1=O. The predicted molar refractivity (Wildman–Crippen MR) is 185 cm³/mol. The normalized spacial score (nSPS) is 17.4. The van der Waals surface area contributed by atoms with Crippen LogP contribution in [0.3, 0.4) is 0 Å². The lowest BCUT2D eigenvalue weighted by molar-refractivity contribution is -0.133. The number of piperazine rings is 1. The Labute approximate surface area is 280 Å². The van der Waals surface area contributed by atoms with Gasteiger partial charge in [-0.1, -0.05) is 18.2 Å². The summed E-state index contributed by atoms with van der Waals surface area (Å²) in [6.07, 6.45) is 8.08. The lowest BCUT2D eigenvalue weighted by atomic mass is 9.89. The maximum absolute atomic E-state index is 13.4. The number of ether oxygens (including phenoxy) is 1. The molecule has 2 aromatic heterocycles. The Morgan fingerprint density at radius 2 is 1.71 bits per heavy atom. The molecule has 0 radical (unpaired) electrons. The number of anilines is 2. The van der Waals surface area contributed by atoms with E-state index in [0.717, 1.165) is 82.7 Å². The lowest BCUT2D eigenvalue weighted by Gasteiger charge is -2.36. The number of piperidine rings is 1. The lowest BCUT2D eigenvalue weighted by Crippen LogP contribution is -2.50. The van der Waals surface area contributed by atoms with Crippen LogP contribution < -0.4 is 10.7 Å². The first-order chi connectivity index (χ1) is 23.4. The van der Waals surface area contributed by atoms with Gasteiger partial charge in [0.05, 0.1) is 18.5 Å². The Morgan fingerprint density at radius 3 is 2.46 bits per heavy atom. The first kappa shape index (κ1) is 32.0. The van der Waals surface area contributed by atoms with E-state index in [0.29, 0.717) is 24.1 Å². The molecule has 11 nitrogen and oxygen atoms in total. The molecular formula is C37H43N7O4. The van der Waals surface area contributed by atoms with E-state index >= 15 is 0 Å². The number of nitrogens with zero attached hydrogens (tertiary/aromatic N) is 6. The van der Waals surface area contributed by atoms with Gasteiger partial charge in [-0.3, -0.25) is 14.5 Å². The van der Waals surface area contributed by atoms with Crippen LogP contribution in [0.5, 0.6) is 0 Å². The van der Waals surface area contributed by atoms with Crippen molar-refractivity contribution in [2.75, 3.05) is 64.8 Å². The number of aryl methyl sites for hydroxylation is 2. The summed E-state index contributed by atoms with van der Waals surface area (Å²) in [5, 5.41) is 3.54. The number of carbonyl (C=O) groups is 2. The summed E-state index contributed by atoms with van der Waals surface area (Å²) in [5.41, 5.74) is 5.42. The van der Waals surface area contributed by atoms with Gasteiger partial charge in [0, 0.05) is 63.0 Å². The van der Waals surface area contributed by atoms with Crippen molar-refractivity contribution in [1.29, 1.82) is 0 Å². The Balaban J connectivity index is 1.06. The van der Waals surface area contributed by atoms with Crippen LogP contribution in [0.15, 0.2) is 59.7 Å². The van der Waals surface area contributed by atoms with Gasteiger partial charge in [0.2, 0.25) is 17.3 Å². The smallest absolute Gasteiger partial charge is 0.343 e. The van der Waals surface area contributed by atoms with Crippen LogP contribution in [0, 0.1) is 0 Å². The van der Waals surface area contributed by atoms with Gasteiger partial charge in [-0.2, -0.15) is 4.98 Å². The molecule has 0 bridgehead atoms. The quantitative estimate of drug-likeness (QED) is 0.282. The molecule has 0 atom stereocenters. The number of hydrogen-bond donors (Lipinski definition) is 1. The number of fused-ring (bicyclic) bond motifs is 2. The number of amides is 1. The van der Waals surface area contributed by atoms with Gasteiger partial charge < -0.3 is 24.4 Å². The number of aromatic nitrogens is 3. The number of carbonyl (C=O) groups excluding carboxylic acids is 2. The summed E-state index contributed by atoms with van der Waals surface area (Å²) >= 11 is 0. The third-order valence-electron chi connectivity index (χ3n) is 10.0. The molecular weight excluding hydrogens is 606 g/mol. The highest BCUT2D eigenvalue weighted by Gasteiger charge is 2.26. The zero-order chi connectivity index (χ0) is 33.2. The molecule has 3 aliphatic rings. The van der Waals surface area contributed by atoms with Crippen LogP contribution in [0.25, 0.3) is 16.7 Å². The molecule has 0 saturated carbocycles. The van der Waals surface area contributed by atoms with E-state index in [9.17, 15) is 14.4 Å². The van der Waals surface area contributed by atoms with Gasteiger partial charge in [0.1, 0.15) is 5.56 Å². The second-order valence-corrected chi connectivity index (χ2v) is 13.2. The molecule has 48 heavy (non-hydrogen) atoms. The molecule has 4 heterocycles. The Kier molecular flexibility index (Phi) is 9.23. The largest absolute Gasteiger partial charge is 0.462 e. The molecule has 1 amide bonds. The number of likely N-dealkylation sites (N-methyl/N-ethyl adjacent to an activating group) is 1. The van der Waals surface area contributed by atoms with E-state index in [2.05, 4.69) is 51.4 Å². The molecule has 2 aliphatic heterocycles. The second kappa shape index (κ2) is 13.9. The van der Waals surface area contributed by atoms with Crippen molar-refractivity contribution in [3.63, 3.8) is 0 Å². The standard InChI is InChI=1S/C37H43N7O4/c1-3-48-36(47)32-23-44(30-12-9-25-5-4-6-28(25)21-30)35-31(34(32)46)22-38-37(40-35)39-29-10-7-26(8-11-29)27-13-15-43(16-14-27)33(45)24-42-19-17-41(2)18-20-42/h7-12,21-23,27H,3-6,13-20,24H2,1-2H3,(H,38,39,40). The molecule has 0 spiro atoms. The van der Waals surface area contributed by atoms with Crippen molar-refractivity contribution >= 4 is 34.5 Å². The molecule has 1 N–H and O–H groups in total. The number of likely N-dealkylation sites (tertiary alicyclic amines) is 1. The molecule has 2 saturated heterocycles. The summed E-state index contributed by atoms with van der Waals surface area (Å²) in [5.74, 6) is 0.329. The summed E-state index contributed by atoms with van der Waals surface area (Å²) in [4.78, 5) is 54.9. The molecule has 250 valence electrons. The van der Waals surface area contributed by atoms with Gasteiger partial charge in [-0.05, 0) is 92.9 Å². The fraction of sp³-hybridized carbons (Fsp3) is 0.432. The third-order valence-corrected chi connectivity index (χ3v) is 10.0. The number of esters is 1. The van der Waals surface area contributed by atoms with Crippen LogP contribution in [-0.2, 0) is 22.4 Å². The molecule has 11 heteroatoms.